The van der Waals surface area contributed by atoms with Crippen LogP contribution < -0.4 is 11.1 Å². The van der Waals surface area contributed by atoms with Crippen molar-refractivity contribution in [3.63, 3.8) is 0 Å². The molecule has 2 fully saturated rings. The Bertz CT molecular complexity index is 291. The lowest BCUT2D eigenvalue weighted by molar-refractivity contribution is -0.121. The third-order valence-corrected chi connectivity index (χ3v) is 4.26. The number of nitrogens with two attached hydrogens (primary N) is 1. The van der Waals surface area contributed by atoms with Crippen molar-refractivity contribution in [2.45, 2.75) is 51.6 Å². The van der Waals surface area contributed by atoms with Gasteiger partial charge in [0.05, 0.1) is 0 Å². The number of hydrogen-bond donors (Lipinski definition) is 2. The van der Waals surface area contributed by atoms with Gasteiger partial charge in [-0.2, -0.15) is 0 Å². The van der Waals surface area contributed by atoms with E-state index >= 15 is 0 Å². The van der Waals surface area contributed by atoms with Gasteiger partial charge in [-0.3, -0.25) is 9.69 Å². The first-order chi connectivity index (χ1) is 8.60. The van der Waals surface area contributed by atoms with Gasteiger partial charge in [-0.1, -0.05) is 13.8 Å². The average Bonchev–Trinajstić information content (AvgIpc) is 3.09. The summed E-state index contributed by atoms with van der Waals surface area (Å²) in [5.41, 5.74) is 5.88. The number of carbonyl (C=O) groups excluding carboxylic acids is 1. The van der Waals surface area contributed by atoms with Crippen molar-refractivity contribution in [1.82, 2.24) is 10.2 Å². The minimum absolute atomic E-state index is 0.208. The zero-order valence-corrected chi connectivity index (χ0v) is 11.7. The Labute approximate surface area is 110 Å². The lowest BCUT2D eigenvalue weighted by Gasteiger charge is -2.42. The molecular formula is C14H27N3O. The average molecular weight is 253 g/mol. The van der Waals surface area contributed by atoms with Gasteiger partial charge in [0, 0.05) is 38.1 Å². The second-order valence-electron chi connectivity index (χ2n) is 6.21. The normalized spacial score (nSPS) is 33.4. The molecule has 0 aromatic carbocycles. The first-order valence-electron chi connectivity index (χ1n) is 7.33. The fraction of sp³-hybridized carbons (Fsp3) is 0.929. The van der Waals surface area contributed by atoms with Crippen LogP contribution in [-0.4, -0.2) is 42.5 Å². The molecule has 1 amide bonds. The van der Waals surface area contributed by atoms with Crippen molar-refractivity contribution in [2.24, 2.45) is 17.6 Å². The molecular weight excluding hydrogens is 226 g/mol. The minimum atomic E-state index is 0.208. The van der Waals surface area contributed by atoms with E-state index in [0.717, 1.165) is 25.9 Å². The Kier molecular flexibility index (Phi) is 4.62. The molecule has 104 valence electrons. The lowest BCUT2D eigenvalue weighted by Crippen LogP contribution is -2.51. The van der Waals surface area contributed by atoms with E-state index in [-0.39, 0.29) is 5.91 Å². The second-order valence-corrected chi connectivity index (χ2v) is 6.21. The second kappa shape index (κ2) is 6.02. The molecule has 1 saturated carbocycles. The van der Waals surface area contributed by atoms with Crippen molar-refractivity contribution >= 4 is 5.91 Å². The molecule has 0 bridgehead atoms. The van der Waals surface area contributed by atoms with E-state index < -0.39 is 0 Å². The monoisotopic (exact) mass is 253 g/mol. The summed E-state index contributed by atoms with van der Waals surface area (Å²) in [4.78, 5) is 14.1. The molecule has 3 N–H and O–H groups in total. The summed E-state index contributed by atoms with van der Waals surface area (Å²) >= 11 is 0. The van der Waals surface area contributed by atoms with E-state index in [1.807, 2.05) is 0 Å². The SMILES string of the molecule is CC1CC(C)C(CN)N(CCC(=O)NC2CC2)C1. The standard InChI is InChI=1S/C14H27N3O/c1-10-7-11(2)13(8-15)17(9-10)6-5-14(18)16-12-3-4-12/h10-13H,3-9,15H2,1-2H3,(H,16,18). The van der Waals surface area contributed by atoms with Crippen LogP contribution in [0.5, 0.6) is 0 Å². The van der Waals surface area contributed by atoms with E-state index in [1.54, 1.807) is 0 Å². The van der Waals surface area contributed by atoms with Gasteiger partial charge in [0.15, 0.2) is 0 Å². The fourth-order valence-corrected chi connectivity index (χ4v) is 3.17. The number of carbonyl (C=O) groups is 1. The van der Waals surface area contributed by atoms with Crippen molar-refractivity contribution in [3.05, 3.63) is 0 Å². The molecule has 1 heterocycles. The van der Waals surface area contributed by atoms with Gasteiger partial charge in [-0.25, -0.2) is 0 Å². The first-order valence-corrected chi connectivity index (χ1v) is 7.33. The van der Waals surface area contributed by atoms with Gasteiger partial charge < -0.3 is 11.1 Å². The third-order valence-electron chi connectivity index (χ3n) is 4.26. The molecule has 0 radical (unpaired) electrons. The first kappa shape index (κ1) is 13.8. The Morgan fingerprint density at radius 3 is 2.72 bits per heavy atom. The lowest BCUT2D eigenvalue weighted by atomic mass is 9.85. The molecule has 1 aliphatic carbocycles. The van der Waals surface area contributed by atoms with Gasteiger partial charge >= 0.3 is 0 Å². The number of piperidine rings is 1. The van der Waals surface area contributed by atoms with E-state index in [0.29, 0.717) is 36.9 Å². The van der Waals surface area contributed by atoms with Crippen LogP contribution in [0.15, 0.2) is 0 Å². The van der Waals surface area contributed by atoms with E-state index in [4.69, 9.17) is 5.73 Å². The van der Waals surface area contributed by atoms with Crippen LogP contribution >= 0.6 is 0 Å². The van der Waals surface area contributed by atoms with E-state index in [1.165, 1.54) is 6.42 Å². The van der Waals surface area contributed by atoms with Crippen molar-refractivity contribution < 1.29 is 4.79 Å². The van der Waals surface area contributed by atoms with Crippen molar-refractivity contribution in [1.29, 1.82) is 0 Å². The Hall–Kier alpha value is -0.610. The zero-order valence-electron chi connectivity index (χ0n) is 11.7. The highest BCUT2D eigenvalue weighted by Gasteiger charge is 2.31. The molecule has 3 unspecified atom stereocenters. The summed E-state index contributed by atoms with van der Waals surface area (Å²) < 4.78 is 0. The molecule has 1 saturated heterocycles. The molecule has 18 heavy (non-hydrogen) atoms. The number of rotatable bonds is 5. The smallest absolute Gasteiger partial charge is 0.221 e. The third kappa shape index (κ3) is 3.69. The van der Waals surface area contributed by atoms with Gasteiger partial charge in [0.25, 0.3) is 0 Å². The van der Waals surface area contributed by atoms with Gasteiger partial charge in [0.1, 0.15) is 0 Å². The predicted molar refractivity (Wildman–Crippen MR) is 73.1 cm³/mol. The maximum Gasteiger partial charge on any atom is 0.221 e. The summed E-state index contributed by atoms with van der Waals surface area (Å²) in [5.74, 6) is 1.57. The Morgan fingerprint density at radius 2 is 2.11 bits per heavy atom. The van der Waals surface area contributed by atoms with Gasteiger partial charge in [-0.15, -0.1) is 0 Å². The van der Waals surface area contributed by atoms with Crippen LogP contribution in [0.4, 0.5) is 0 Å². The number of amides is 1. The van der Waals surface area contributed by atoms with Crippen LogP contribution in [0.25, 0.3) is 0 Å². The molecule has 4 nitrogen and oxygen atoms in total. The van der Waals surface area contributed by atoms with E-state index in [2.05, 4.69) is 24.1 Å². The van der Waals surface area contributed by atoms with Crippen LogP contribution in [0.1, 0.15) is 39.5 Å². The highest BCUT2D eigenvalue weighted by atomic mass is 16.1. The molecule has 0 aromatic rings. The summed E-state index contributed by atoms with van der Waals surface area (Å²) in [6, 6.07) is 0.928. The topological polar surface area (TPSA) is 58.4 Å². The predicted octanol–water partition coefficient (Wildman–Crippen LogP) is 0.960. The molecule has 0 spiro atoms. The maximum atomic E-state index is 11.7. The summed E-state index contributed by atoms with van der Waals surface area (Å²) in [6.07, 6.45) is 4.20. The van der Waals surface area contributed by atoms with Crippen LogP contribution in [0.2, 0.25) is 0 Å². The van der Waals surface area contributed by atoms with Gasteiger partial charge in [-0.05, 0) is 31.1 Å². The highest BCUT2D eigenvalue weighted by molar-refractivity contribution is 5.76. The molecule has 2 aliphatic rings. The molecule has 2 rings (SSSR count). The summed E-state index contributed by atoms with van der Waals surface area (Å²) in [5, 5.41) is 3.05. The quantitative estimate of drug-likeness (QED) is 0.767. The van der Waals surface area contributed by atoms with Crippen LogP contribution in [-0.2, 0) is 4.79 Å². The van der Waals surface area contributed by atoms with Crippen LogP contribution in [0.3, 0.4) is 0 Å². The van der Waals surface area contributed by atoms with Crippen LogP contribution in [0, 0.1) is 11.8 Å². The summed E-state index contributed by atoms with van der Waals surface area (Å²) in [6.45, 7) is 7.22. The number of hydrogen-bond acceptors (Lipinski definition) is 3. The number of nitrogens with zero attached hydrogens (tertiary/aromatic N) is 1. The number of likely N-dealkylation sites (tertiary alicyclic amines) is 1. The van der Waals surface area contributed by atoms with Crippen molar-refractivity contribution in [2.75, 3.05) is 19.6 Å². The molecule has 3 atom stereocenters. The largest absolute Gasteiger partial charge is 0.353 e. The Balaban J connectivity index is 1.79. The maximum absolute atomic E-state index is 11.7. The van der Waals surface area contributed by atoms with E-state index in [9.17, 15) is 4.79 Å². The summed E-state index contributed by atoms with van der Waals surface area (Å²) in [7, 11) is 0. The highest BCUT2D eigenvalue weighted by Crippen LogP contribution is 2.26. The fourth-order valence-electron chi connectivity index (χ4n) is 3.17. The Morgan fingerprint density at radius 1 is 1.39 bits per heavy atom. The molecule has 4 heteroatoms. The van der Waals surface area contributed by atoms with Crippen molar-refractivity contribution in [3.8, 4) is 0 Å². The molecule has 1 aliphatic heterocycles. The molecule has 0 aromatic heterocycles. The number of nitrogens with one attached hydrogen (secondary N) is 1. The van der Waals surface area contributed by atoms with Gasteiger partial charge in [0.2, 0.25) is 5.91 Å². The minimum Gasteiger partial charge on any atom is -0.353 e. The zero-order chi connectivity index (χ0) is 13.1.